The van der Waals surface area contributed by atoms with Crippen LogP contribution in [0.3, 0.4) is 0 Å². The van der Waals surface area contributed by atoms with Crippen molar-refractivity contribution in [3.8, 4) is 0 Å². The molecule has 0 fully saturated rings. The average Bonchev–Trinajstić information content (AvgIpc) is 3.03. The van der Waals surface area contributed by atoms with Crippen molar-refractivity contribution < 1.29 is 0 Å². The lowest BCUT2D eigenvalue weighted by Gasteiger charge is -2.15. The van der Waals surface area contributed by atoms with Crippen LogP contribution in [-0.4, -0.2) is 0 Å². The highest BCUT2D eigenvalue weighted by molar-refractivity contribution is 8.00. The van der Waals surface area contributed by atoms with Gasteiger partial charge >= 0.3 is 0 Å². The largest absolute Gasteiger partial charge is 0.324 e. The Morgan fingerprint density at radius 2 is 1.69 bits per heavy atom. The highest BCUT2D eigenvalue weighted by Gasteiger charge is 2.13. The van der Waals surface area contributed by atoms with Gasteiger partial charge in [-0.3, -0.25) is 0 Å². The third-order valence-electron chi connectivity index (χ3n) is 2.29. The second-order valence-electron chi connectivity index (χ2n) is 3.27. The van der Waals surface area contributed by atoms with Gasteiger partial charge in [0.15, 0.2) is 0 Å². The van der Waals surface area contributed by atoms with Crippen LogP contribution in [0.2, 0.25) is 0 Å². The van der Waals surface area contributed by atoms with E-state index in [0.717, 1.165) is 0 Å². The number of thiophene rings is 2. The SMILES string of the molecule is C1=CC(c2cccs2)=C(c2cccs2)NS1. The van der Waals surface area contributed by atoms with Crippen molar-refractivity contribution >= 4 is 45.9 Å². The summed E-state index contributed by atoms with van der Waals surface area (Å²) in [6, 6.07) is 8.49. The number of hydrogen-bond acceptors (Lipinski definition) is 4. The fourth-order valence-corrected chi connectivity index (χ4v) is 3.75. The van der Waals surface area contributed by atoms with Gasteiger partial charge in [0.2, 0.25) is 0 Å². The second-order valence-corrected chi connectivity index (χ2v) is 5.87. The van der Waals surface area contributed by atoms with Crippen LogP contribution in [0.15, 0.2) is 46.5 Å². The van der Waals surface area contributed by atoms with Crippen LogP contribution in [0.4, 0.5) is 0 Å². The molecule has 0 aromatic carbocycles. The van der Waals surface area contributed by atoms with E-state index >= 15 is 0 Å². The molecule has 0 atom stereocenters. The Balaban J connectivity index is 2.13. The summed E-state index contributed by atoms with van der Waals surface area (Å²) < 4.78 is 3.39. The Labute approximate surface area is 107 Å². The highest BCUT2D eigenvalue weighted by atomic mass is 32.2. The molecule has 1 nitrogen and oxygen atoms in total. The normalized spacial score (nSPS) is 15.2. The molecule has 1 aliphatic rings. The van der Waals surface area contributed by atoms with Crippen LogP contribution < -0.4 is 4.72 Å². The minimum atomic E-state index is 1.23. The fraction of sp³-hybridized carbons (Fsp3) is 0. The van der Waals surface area contributed by atoms with E-state index in [1.165, 1.54) is 21.0 Å². The molecule has 0 spiro atoms. The molecule has 0 radical (unpaired) electrons. The highest BCUT2D eigenvalue weighted by Crippen LogP contribution is 2.34. The molecule has 1 N–H and O–H groups in total. The van der Waals surface area contributed by atoms with E-state index in [2.05, 4.69) is 51.2 Å². The molecular formula is C12H9NS3. The van der Waals surface area contributed by atoms with Crippen LogP contribution in [0.25, 0.3) is 11.3 Å². The topological polar surface area (TPSA) is 12.0 Å². The third-order valence-corrected chi connectivity index (χ3v) is 4.67. The first-order valence-corrected chi connectivity index (χ1v) is 7.49. The van der Waals surface area contributed by atoms with Crippen molar-refractivity contribution in [3.05, 3.63) is 56.3 Å². The standard InChI is InChI=1S/C12H9NS3/c1-3-10(14-6-1)9-5-8-16-13-12(9)11-4-2-7-15-11/h1-8,13H. The molecule has 16 heavy (non-hydrogen) atoms. The van der Waals surface area contributed by atoms with Crippen LogP contribution in [0, 0.1) is 0 Å². The molecule has 0 amide bonds. The lowest BCUT2D eigenvalue weighted by molar-refractivity contribution is 1.45. The quantitative estimate of drug-likeness (QED) is 0.804. The van der Waals surface area contributed by atoms with Gasteiger partial charge in [0, 0.05) is 10.5 Å². The van der Waals surface area contributed by atoms with E-state index in [1.54, 1.807) is 34.6 Å². The van der Waals surface area contributed by atoms with Gasteiger partial charge in [-0.05, 0) is 46.3 Å². The maximum atomic E-state index is 3.39. The van der Waals surface area contributed by atoms with Crippen molar-refractivity contribution in [2.24, 2.45) is 0 Å². The predicted octanol–water partition coefficient (Wildman–Crippen LogP) is 4.44. The van der Waals surface area contributed by atoms with Gasteiger partial charge in [-0.2, -0.15) is 0 Å². The predicted molar refractivity (Wildman–Crippen MR) is 75.3 cm³/mol. The van der Waals surface area contributed by atoms with Crippen LogP contribution in [0.5, 0.6) is 0 Å². The van der Waals surface area contributed by atoms with Gasteiger partial charge in [-0.15, -0.1) is 22.7 Å². The van der Waals surface area contributed by atoms with E-state index in [9.17, 15) is 0 Å². The zero-order chi connectivity index (χ0) is 10.8. The zero-order valence-corrected chi connectivity index (χ0v) is 10.8. The molecule has 3 heterocycles. The summed E-state index contributed by atoms with van der Waals surface area (Å²) in [6.45, 7) is 0. The smallest absolute Gasteiger partial charge is 0.0704 e. The third kappa shape index (κ3) is 1.84. The van der Waals surface area contributed by atoms with Gasteiger partial charge in [-0.1, -0.05) is 12.1 Å². The Morgan fingerprint density at radius 3 is 2.38 bits per heavy atom. The minimum absolute atomic E-state index is 1.23. The Bertz CT molecular complexity index is 521. The van der Waals surface area contributed by atoms with Crippen LogP contribution in [-0.2, 0) is 0 Å². The molecule has 80 valence electrons. The molecule has 2 aromatic heterocycles. The van der Waals surface area contributed by atoms with Crippen molar-refractivity contribution in [1.29, 1.82) is 0 Å². The molecule has 3 rings (SSSR count). The van der Waals surface area contributed by atoms with E-state index in [0.29, 0.717) is 0 Å². The van der Waals surface area contributed by atoms with Gasteiger partial charge in [0.1, 0.15) is 0 Å². The summed E-state index contributed by atoms with van der Waals surface area (Å²) >= 11 is 5.17. The van der Waals surface area contributed by atoms with Gasteiger partial charge in [0.05, 0.1) is 10.6 Å². The van der Waals surface area contributed by atoms with Crippen molar-refractivity contribution in [3.63, 3.8) is 0 Å². The summed E-state index contributed by atoms with van der Waals surface area (Å²) in [4.78, 5) is 2.60. The van der Waals surface area contributed by atoms with Gasteiger partial charge in [0.25, 0.3) is 0 Å². The summed E-state index contributed by atoms with van der Waals surface area (Å²) in [5.41, 5.74) is 2.51. The zero-order valence-electron chi connectivity index (χ0n) is 8.34. The van der Waals surface area contributed by atoms with Crippen LogP contribution in [0.1, 0.15) is 9.75 Å². The van der Waals surface area contributed by atoms with E-state index in [1.807, 2.05) is 0 Å². The minimum Gasteiger partial charge on any atom is -0.324 e. The Hall–Kier alpha value is -0.970. The average molecular weight is 263 g/mol. The first-order chi connectivity index (χ1) is 7.95. The summed E-state index contributed by atoms with van der Waals surface area (Å²) in [5, 5.41) is 6.31. The number of nitrogens with one attached hydrogen (secondary N) is 1. The Kier molecular flexibility index (Phi) is 2.86. The summed E-state index contributed by atoms with van der Waals surface area (Å²) in [5.74, 6) is 0. The molecule has 0 unspecified atom stereocenters. The lowest BCUT2D eigenvalue weighted by Crippen LogP contribution is -2.05. The first kappa shape index (κ1) is 10.2. The molecule has 2 aromatic rings. The van der Waals surface area contributed by atoms with Crippen LogP contribution >= 0.6 is 34.6 Å². The van der Waals surface area contributed by atoms with Crippen molar-refractivity contribution in [2.75, 3.05) is 0 Å². The molecule has 0 saturated heterocycles. The second kappa shape index (κ2) is 4.49. The van der Waals surface area contributed by atoms with Crippen molar-refractivity contribution in [2.45, 2.75) is 0 Å². The first-order valence-electron chi connectivity index (χ1n) is 4.85. The maximum absolute atomic E-state index is 3.39. The monoisotopic (exact) mass is 263 g/mol. The molecule has 0 saturated carbocycles. The fourth-order valence-electron chi connectivity index (χ4n) is 1.57. The molecule has 4 heteroatoms. The molecule has 0 bridgehead atoms. The number of rotatable bonds is 2. The van der Waals surface area contributed by atoms with Gasteiger partial charge < -0.3 is 4.72 Å². The summed E-state index contributed by atoms with van der Waals surface area (Å²) in [6.07, 6.45) is 2.18. The lowest BCUT2D eigenvalue weighted by atomic mass is 10.1. The maximum Gasteiger partial charge on any atom is 0.0704 e. The molecule has 1 aliphatic heterocycles. The molecule has 0 aliphatic carbocycles. The number of hydrogen-bond donors (Lipinski definition) is 1. The van der Waals surface area contributed by atoms with Crippen molar-refractivity contribution in [1.82, 2.24) is 4.72 Å². The number of allylic oxidation sites excluding steroid dienone is 2. The molecular weight excluding hydrogens is 254 g/mol. The van der Waals surface area contributed by atoms with E-state index in [4.69, 9.17) is 0 Å². The Morgan fingerprint density at radius 1 is 0.938 bits per heavy atom. The van der Waals surface area contributed by atoms with E-state index in [-0.39, 0.29) is 0 Å². The van der Waals surface area contributed by atoms with E-state index < -0.39 is 0 Å². The van der Waals surface area contributed by atoms with Gasteiger partial charge in [-0.25, -0.2) is 0 Å². The summed E-state index contributed by atoms with van der Waals surface area (Å²) in [7, 11) is 0.